The van der Waals surface area contributed by atoms with Gasteiger partial charge in [-0.1, -0.05) is 6.42 Å². The quantitative estimate of drug-likeness (QED) is 0.757. The van der Waals surface area contributed by atoms with Crippen molar-refractivity contribution in [3.63, 3.8) is 0 Å². The van der Waals surface area contributed by atoms with Gasteiger partial charge in [-0.25, -0.2) is 13.1 Å². The van der Waals surface area contributed by atoms with E-state index in [1.165, 1.54) is 18.6 Å². The molecule has 5 nitrogen and oxygen atoms in total. The van der Waals surface area contributed by atoms with Gasteiger partial charge >= 0.3 is 0 Å². The maximum Gasteiger partial charge on any atom is 0.240 e. The van der Waals surface area contributed by atoms with Crippen LogP contribution in [0.3, 0.4) is 0 Å². The van der Waals surface area contributed by atoms with Crippen LogP contribution >= 0.6 is 11.8 Å². The summed E-state index contributed by atoms with van der Waals surface area (Å²) in [6, 6.07) is 6.22. The summed E-state index contributed by atoms with van der Waals surface area (Å²) in [5.41, 5.74) is 0. The standard InChI is InChI=1S/C14H21NO4S2/c1-20-14(7-2-8-14)11-15-21(17,18)13-5-3-12(4-6-13)19-10-9-16/h3-6,15-16H,2,7-11H2,1H3. The molecule has 0 atom stereocenters. The van der Waals surface area contributed by atoms with Crippen molar-refractivity contribution in [2.24, 2.45) is 0 Å². The van der Waals surface area contributed by atoms with E-state index in [1.54, 1.807) is 23.9 Å². The first-order valence-corrected chi connectivity index (χ1v) is 9.61. The molecule has 0 aliphatic heterocycles. The molecule has 1 fully saturated rings. The fourth-order valence-electron chi connectivity index (χ4n) is 2.21. The Labute approximate surface area is 130 Å². The minimum Gasteiger partial charge on any atom is -0.491 e. The molecular weight excluding hydrogens is 310 g/mol. The van der Waals surface area contributed by atoms with Crippen LogP contribution in [0.15, 0.2) is 29.2 Å². The zero-order chi connectivity index (χ0) is 15.3. The fourth-order valence-corrected chi connectivity index (χ4v) is 4.34. The van der Waals surface area contributed by atoms with E-state index < -0.39 is 10.0 Å². The molecule has 1 saturated carbocycles. The van der Waals surface area contributed by atoms with Crippen LogP contribution in [0, 0.1) is 0 Å². The van der Waals surface area contributed by atoms with Gasteiger partial charge in [-0.05, 0) is 43.4 Å². The number of benzene rings is 1. The number of ether oxygens (including phenoxy) is 1. The maximum atomic E-state index is 12.3. The Morgan fingerprint density at radius 1 is 1.33 bits per heavy atom. The first-order valence-electron chi connectivity index (χ1n) is 6.90. The Morgan fingerprint density at radius 2 is 2.00 bits per heavy atom. The van der Waals surface area contributed by atoms with E-state index in [0.29, 0.717) is 12.3 Å². The van der Waals surface area contributed by atoms with E-state index in [0.717, 1.165) is 12.8 Å². The summed E-state index contributed by atoms with van der Waals surface area (Å²) in [6.45, 7) is 0.595. The van der Waals surface area contributed by atoms with Gasteiger partial charge in [0.15, 0.2) is 0 Å². The van der Waals surface area contributed by atoms with Crippen molar-refractivity contribution in [1.82, 2.24) is 4.72 Å². The Morgan fingerprint density at radius 3 is 2.48 bits per heavy atom. The van der Waals surface area contributed by atoms with Crippen LogP contribution in [0.1, 0.15) is 19.3 Å². The Balaban J connectivity index is 1.98. The fraction of sp³-hybridized carbons (Fsp3) is 0.571. The van der Waals surface area contributed by atoms with Crippen molar-refractivity contribution >= 4 is 21.8 Å². The van der Waals surface area contributed by atoms with Gasteiger partial charge in [0.25, 0.3) is 0 Å². The van der Waals surface area contributed by atoms with Crippen molar-refractivity contribution in [2.75, 3.05) is 26.0 Å². The second-order valence-electron chi connectivity index (χ2n) is 5.11. The van der Waals surface area contributed by atoms with Crippen LogP contribution in [0.4, 0.5) is 0 Å². The van der Waals surface area contributed by atoms with E-state index in [4.69, 9.17) is 9.84 Å². The van der Waals surface area contributed by atoms with Gasteiger partial charge < -0.3 is 9.84 Å². The summed E-state index contributed by atoms with van der Waals surface area (Å²) in [7, 11) is -3.49. The van der Waals surface area contributed by atoms with Crippen molar-refractivity contribution in [2.45, 2.75) is 28.9 Å². The zero-order valence-electron chi connectivity index (χ0n) is 12.0. The van der Waals surface area contributed by atoms with Gasteiger partial charge in [0.1, 0.15) is 12.4 Å². The molecule has 0 bridgehead atoms. The number of hydrogen-bond acceptors (Lipinski definition) is 5. The van der Waals surface area contributed by atoms with E-state index in [9.17, 15) is 8.42 Å². The monoisotopic (exact) mass is 331 g/mol. The highest BCUT2D eigenvalue weighted by Crippen LogP contribution is 2.42. The van der Waals surface area contributed by atoms with Gasteiger partial charge in [-0.2, -0.15) is 11.8 Å². The lowest BCUT2D eigenvalue weighted by molar-refractivity contribution is 0.201. The zero-order valence-corrected chi connectivity index (χ0v) is 13.7. The second-order valence-corrected chi connectivity index (χ2v) is 8.15. The number of aliphatic hydroxyl groups excluding tert-OH is 1. The molecule has 0 amide bonds. The topological polar surface area (TPSA) is 75.6 Å². The number of rotatable bonds is 8. The van der Waals surface area contributed by atoms with Crippen molar-refractivity contribution in [3.05, 3.63) is 24.3 Å². The van der Waals surface area contributed by atoms with Crippen molar-refractivity contribution in [3.8, 4) is 5.75 Å². The van der Waals surface area contributed by atoms with Gasteiger partial charge in [-0.15, -0.1) is 0 Å². The lowest BCUT2D eigenvalue weighted by Gasteiger charge is -2.40. The SMILES string of the molecule is CSC1(CNS(=O)(=O)c2ccc(OCCO)cc2)CCC1. The summed E-state index contributed by atoms with van der Waals surface area (Å²) < 4.78 is 32.5. The normalized spacial score (nSPS) is 17.2. The molecule has 1 aliphatic rings. The molecule has 0 heterocycles. The molecule has 1 aliphatic carbocycles. The number of nitrogens with one attached hydrogen (secondary N) is 1. The van der Waals surface area contributed by atoms with Crippen LogP contribution < -0.4 is 9.46 Å². The Bertz CT molecular complexity index is 547. The third-order valence-electron chi connectivity index (χ3n) is 3.78. The van der Waals surface area contributed by atoms with E-state index in [2.05, 4.69) is 4.72 Å². The molecule has 0 saturated heterocycles. The lowest BCUT2D eigenvalue weighted by atomic mass is 9.84. The minimum atomic E-state index is -3.49. The minimum absolute atomic E-state index is 0.0667. The third-order valence-corrected chi connectivity index (χ3v) is 6.61. The van der Waals surface area contributed by atoms with Crippen molar-refractivity contribution in [1.29, 1.82) is 0 Å². The number of aliphatic hydroxyl groups is 1. The summed E-state index contributed by atoms with van der Waals surface area (Å²) >= 11 is 1.74. The third kappa shape index (κ3) is 4.12. The molecule has 2 N–H and O–H groups in total. The van der Waals surface area contributed by atoms with Crippen LogP contribution in [-0.4, -0.2) is 44.3 Å². The lowest BCUT2D eigenvalue weighted by Crippen LogP contribution is -2.45. The molecule has 0 radical (unpaired) electrons. The van der Waals surface area contributed by atoms with Gasteiger partial charge in [-0.3, -0.25) is 0 Å². The molecule has 0 aromatic heterocycles. The predicted octanol–water partition coefficient (Wildman–Crippen LogP) is 1.62. The van der Waals surface area contributed by atoms with E-state index >= 15 is 0 Å². The van der Waals surface area contributed by atoms with E-state index in [-0.39, 0.29) is 22.9 Å². The van der Waals surface area contributed by atoms with Crippen LogP contribution in [0.2, 0.25) is 0 Å². The first-order chi connectivity index (χ1) is 10.0. The van der Waals surface area contributed by atoms with Gasteiger partial charge in [0.05, 0.1) is 11.5 Å². The molecule has 1 aromatic rings. The molecule has 0 spiro atoms. The largest absolute Gasteiger partial charge is 0.491 e. The smallest absolute Gasteiger partial charge is 0.240 e. The molecule has 7 heteroatoms. The molecule has 118 valence electrons. The maximum absolute atomic E-state index is 12.3. The molecule has 1 aromatic carbocycles. The average molecular weight is 331 g/mol. The first kappa shape index (κ1) is 16.6. The average Bonchev–Trinajstić information content (AvgIpc) is 2.45. The second kappa shape index (κ2) is 7.00. The highest BCUT2D eigenvalue weighted by molar-refractivity contribution is 8.00. The highest BCUT2D eigenvalue weighted by atomic mass is 32.2. The molecule has 21 heavy (non-hydrogen) atoms. The molecule has 0 unspecified atom stereocenters. The van der Waals surface area contributed by atoms with Crippen LogP contribution in [0.5, 0.6) is 5.75 Å². The summed E-state index contributed by atoms with van der Waals surface area (Å²) in [6.07, 6.45) is 5.31. The van der Waals surface area contributed by atoms with Gasteiger partial charge in [0, 0.05) is 11.3 Å². The summed E-state index contributed by atoms with van der Waals surface area (Å²) in [5, 5.41) is 8.68. The highest BCUT2D eigenvalue weighted by Gasteiger charge is 2.37. The summed E-state index contributed by atoms with van der Waals surface area (Å²) in [5.74, 6) is 0.544. The Kier molecular flexibility index (Phi) is 5.54. The molecule has 2 rings (SSSR count). The van der Waals surface area contributed by atoms with Gasteiger partial charge in [0.2, 0.25) is 10.0 Å². The van der Waals surface area contributed by atoms with Crippen molar-refractivity contribution < 1.29 is 18.3 Å². The number of sulfonamides is 1. The summed E-state index contributed by atoms with van der Waals surface area (Å²) in [4.78, 5) is 0.231. The molecular formula is C14H21NO4S2. The van der Waals surface area contributed by atoms with Crippen LogP contribution in [-0.2, 0) is 10.0 Å². The Hall–Kier alpha value is -0.760. The number of hydrogen-bond donors (Lipinski definition) is 2. The number of thioether (sulfide) groups is 1. The predicted molar refractivity (Wildman–Crippen MR) is 84.3 cm³/mol. The van der Waals surface area contributed by atoms with Crippen LogP contribution in [0.25, 0.3) is 0 Å². The van der Waals surface area contributed by atoms with E-state index in [1.807, 2.05) is 6.26 Å².